The van der Waals surface area contributed by atoms with Crippen LogP contribution in [0, 0.1) is 22.7 Å². The number of carboxylic acids is 1. The number of hydrogen-bond donors (Lipinski definition) is 7. The van der Waals surface area contributed by atoms with Crippen LogP contribution >= 0.6 is 0 Å². The molecular formula is C38H57N7O11. The molecule has 0 saturated carbocycles. The molecule has 1 saturated heterocycles. The van der Waals surface area contributed by atoms with Gasteiger partial charge in [-0.05, 0) is 69.1 Å². The minimum atomic E-state index is -1.46. The lowest BCUT2D eigenvalue weighted by Gasteiger charge is -2.28. The van der Waals surface area contributed by atoms with Crippen LogP contribution in [0.25, 0.3) is 0 Å². The third-order valence-corrected chi connectivity index (χ3v) is 8.94. The number of aliphatic carboxylic acids is 1. The first-order valence-corrected chi connectivity index (χ1v) is 18.5. The van der Waals surface area contributed by atoms with Gasteiger partial charge in [0.15, 0.2) is 0 Å². The number of benzene rings is 1. The molecule has 1 aromatic rings. The second kappa shape index (κ2) is 20.4. The number of urea groups is 1. The van der Waals surface area contributed by atoms with Gasteiger partial charge in [-0.25, -0.2) is 4.79 Å². The average Bonchev–Trinajstić information content (AvgIpc) is 3.37. The number of primary amides is 1. The van der Waals surface area contributed by atoms with Crippen molar-refractivity contribution in [1.82, 2.24) is 26.2 Å². The first kappa shape index (κ1) is 46.6. The number of imide groups is 1. The van der Waals surface area contributed by atoms with Crippen LogP contribution in [-0.4, -0.2) is 94.6 Å². The Labute approximate surface area is 326 Å². The molecule has 56 heavy (non-hydrogen) atoms. The summed E-state index contributed by atoms with van der Waals surface area (Å²) < 4.78 is 5.33. The maximum absolute atomic E-state index is 13.7. The number of ether oxygens (including phenoxy) is 1. The van der Waals surface area contributed by atoms with E-state index < -0.39 is 101 Å². The Hall–Kier alpha value is -5.55. The molecular weight excluding hydrogens is 730 g/mol. The maximum atomic E-state index is 13.7. The highest BCUT2D eigenvalue weighted by Gasteiger charge is 2.45. The second-order valence-electron chi connectivity index (χ2n) is 16.2. The molecule has 1 aromatic carbocycles. The summed E-state index contributed by atoms with van der Waals surface area (Å²) in [6, 6.07) is 1.82. The highest BCUT2D eigenvalue weighted by atomic mass is 16.5. The quantitative estimate of drug-likeness (QED) is 0.0601. The Morgan fingerprint density at radius 2 is 1.48 bits per heavy atom. The van der Waals surface area contributed by atoms with E-state index >= 15 is 0 Å². The largest absolute Gasteiger partial charge is 0.481 e. The van der Waals surface area contributed by atoms with E-state index in [9.17, 15) is 48.3 Å². The lowest BCUT2D eigenvalue weighted by Crippen LogP contribution is -2.58. The predicted molar refractivity (Wildman–Crippen MR) is 203 cm³/mol. The van der Waals surface area contributed by atoms with Crippen molar-refractivity contribution in [2.75, 3.05) is 18.4 Å². The first-order chi connectivity index (χ1) is 25.9. The molecule has 1 aliphatic heterocycles. The van der Waals surface area contributed by atoms with E-state index in [1.165, 1.54) is 0 Å². The van der Waals surface area contributed by atoms with Crippen molar-refractivity contribution in [3.05, 3.63) is 29.8 Å². The fraction of sp³-hybridized carbons (Fsp3) is 0.605. The molecule has 1 aliphatic rings. The van der Waals surface area contributed by atoms with Crippen molar-refractivity contribution < 1.29 is 53.0 Å². The third kappa shape index (κ3) is 14.9. The van der Waals surface area contributed by atoms with Crippen molar-refractivity contribution in [2.24, 2.45) is 28.4 Å². The summed E-state index contributed by atoms with van der Waals surface area (Å²) in [4.78, 5) is 115. The number of nitrogens with one attached hydrogen (secondary N) is 5. The summed E-state index contributed by atoms with van der Waals surface area (Å²) >= 11 is 0. The maximum Gasteiger partial charge on any atom is 0.312 e. The molecule has 0 bridgehead atoms. The zero-order valence-electron chi connectivity index (χ0n) is 33.4. The summed E-state index contributed by atoms with van der Waals surface area (Å²) in [5, 5.41) is 22.0. The number of hydrogen-bond acceptors (Lipinski definition) is 10. The number of carbonyl (C=O) groups is 9. The van der Waals surface area contributed by atoms with Crippen LogP contribution in [0.2, 0.25) is 0 Å². The molecule has 1 unspecified atom stereocenters. The zero-order valence-corrected chi connectivity index (χ0v) is 33.4. The minimum absolute atomic E-state index is 0.0225. The van der Waals surface area contributed by atoms with E-state index in [0.29, 0.717) is 11.3 Å². The molecule has 8 N–H and O–H groups in total. The van der Waals surface area contributed by atoms with Gasteiger partial charge in [-0.1, -0.05) is 46.8 Å². The SMILES string of the molecule is CC(C)[C@H](NC(=O)[C@H](CCC(=O)O)NC(=O)CN1C(=O)CC(C(C)(C)C)C1=O)C(=O)N[C@@H](CCCNC(N)=O)C(=O)Nc1ccc(COC(=O)C(C)(C)C)cc1. The van der Waals surface area contributed by atoms with Crippen molar-refractivity contribution in [1.29, 1.82) is 0 Å². The lowest BCUT2D eigenvalue weighted by atomic mass is 9.80. The van der Waals surface area contributed by atoms with Gasteiger partial charge < -0.3 is 42.2 Å². The summed E-state index contributed by atoms with van der Waals surface area (Å²) in [7, 11) is 0. The van der Waals surface area contributed by atoms with Gasteiger partial charge in [-0.3, -0.25) is 43.3 Å². The van der Waals surface area contributed by atoms with Crippen molar-refractivity contribution in [3.8, 4) is 0 Å². The van der Waals surface area contributed by atoms with Gasteiger partial charge >= 0.3 is 18.0 Å². The fourth-order valence-corrected chi connectivity index (χ4v) is 5.56. The number of carbonyl (C=O) groups excluding carboxylic acids is 8. The number of carboxylic acid groups (broad SMARTS) is 1. The van der Waals surface area contributed by atoms with Gasteiger partial charge in [0.25, 0.3) is 0 Å². The number of anilines is 1. The molecule has 1 heterocycles. The number of nitrogens with zero attached hydrogens (tertiary/aromatic N) is 1. The lowest BCUT2D eigenvalue weighted by molar-refractivity contribution is -0.154. The molecule has 18 nitrogen and oxygen atoms in total. The van der Waals surface area contributed by atoms with Crippen LogP contribution in [0.3, 0.4) is 0 Å². The molecule has 1 fully saturated rings. The van der Waals surface area contributed by atoms with Crippen molar-refractivity contribution >= 4 is 59.1 Å². The summed E-state index contributed by atoms with van der Waals surface area (Å²) in [5.41, 5.74) is 4.98. The summed E-state index contributed by atoms with van der Waals surface area (Å²) in [5.74, 6) is -7.08. The normalized spacial score (nSPS) is 16.0. The summed E-state index contributed by atoms with van der Waals surface area (Å²) in [6.45, 7) is 13.3. The number of rotatable bonds is 19. The van der Waals surface area contributed by atoms with Crippen LogP contribution in [0.1, 0.15) is 93.1 Å². The second-order valence-corrected chi connectivity index (χ2v) is 16.2. The number of nitrogens with two attached hydrogens (primary N) is 1. The van der Waals surface area contributed by atoms with Gasteiger partial charge in [0.2, 0.25) is 35.4 Å². The Bertz CT molecular complexity index is 1630. The highest BCUT2D eigenvalue weighted by Crippen LogP contribution is 2.35. The van der Waals surface area contributed by atoms with Gasteiger partial charge in [0, 0.05) is 25.1 Å². The van der Waals surface area contributed by atoms with Gasteiger partial charge in [-0.2, -0.15) is 0 Å². The van der Waals surface area contributed by atoms with E-state index in [0.717, 1.165) is 4.90 Å². The fourth-order valence-electron chi connectivity index (χ4n) is 5.56. The summed E-state index contributed by atoms with van der Waals surface area (Å²) in [6.07, 6.45) is -0.720. The first-order valence-electron chi connectivity index (χ1n) is 18.5. The monoisotopic (exact) mass is 787 g/mol. The molecule has 18 heteroatoms. The molecule has 0 aromatic heterocycles. The van der Waals surface area contributed by atoms with E-state index in [1.807, 2.05) is 0 Å². The van der Waals surface area contributed by atoms with E-state index in [-0.39, 0.29) is 44.8 Å². The molecule has 8 amide bonds. The Morgan fingerprint density at radius 1 is 0.875 bits per heavy atom. The highest BCUT2D eigenvalue weighted by molar-refractivity contribution is 6.06. The van der Waals surface area contributed by atoms with E-state index in [1.54, 1.807) is 79.7 Å². The van der Waals surface area contributed by atoms with Gasteiger partial charge in [-0.15, -0.1) is 0 Å². The topological polar surface area (TPSA) is 272 Å². The Morgan fingerprint density at radius 3 is 2.00 bits per heavy atom. The van der Waals surface area contributed by atoms with Crippen LogP contribution in [0.4, 0.5) is 10.5 Å². The standard InChI is InChI=1S/C38H57N7O11/c1-21(2)30(44-32(51)26(15-16-29(48)49)42-27(46)19-45-28(47)18-24(34(45)53)37(3,4)5)33(52)43-25(10-9-17-40-36(39)55)31(50)41-23-13-11-22(12-14-23)20-56-35(54)38(6,7)8/h11-14,21,24-26,30H,9-10,15-20H2,1-8H3,(H,41,50)(H,42,46)(H,43,52)(H,44,51)(H,48,49)(H3,39,40,55)/t24?,25-,26-,30-/m0/s1. The van der Waals surface area contributed by atoms with E-state index in [2.05, 4.69) is 26.6 Å². The molecule has 0 aliphatic carbocycles. The smallest absolute Gasteiger partial charge is 0.312 e. The average molecular weight is 788 g/mol. The van der Waals surface area contributed by atoms with E-state index in [4.69, 9.17) is 10.5 Å². The van der Waals surface area contributed by atoms with Crippen LogP contribution < -0.4 is 32.3 Å². The molecule has 0 spiro atoms. The van der Waals surface area contributed by atoms with Crippen LogP contribution in [0.5, 0.6) is 0 Å². The molecule has 2 rings (SSSR count). The number of esters is 1. The van der Waals surface area contributed by atoms with Crippen molar-refractivity contribution in [2.45, 2.75) is 112 Å². The zero-order chi connectivity index (χ0) is 42.5. The van der Waals surface area contributed by atoms with Gasteiger partial charge in [0.05, 0.1) is 11.3 Å². The Balaban J connectivity index is 2.20. The van der Waals surface area contributed by atoms with Crippen molar-refractivity contribution in [3.63, 3.8) is 0 Å². The molecule has 310 valence electrons. The minimum Gasteiger partial charge on any atom is -0.481 e. The molecule has 4 atom stereocenters. The molecule has 0 radical (unpaired) electrons. The third-order valence-electron chi connectivity index (χ3n) is 8.94. The van der Waals surface area contributed by atoms with Gasteiger partial charge in [0.1, 0.15) is 31.3 Å². The Kier molecular flexibility index (Phi) is 17.0. The number of amides is 8. The predicted octanol–water partition coefficient (Wildman–Crippen LogP) is 1.56. The van der Waals surface area contributed by atoms with Crippen LogP contribution in [-0.2, 0) is 49.7 Å². The van der Waals surface area contributed by atoms with Crippen LogP contribution in [0.15, 0.2) is 24.3 Å². The number of likely N-dealkylation sites (tertiary alicyclic amines) is 1.